The summed E-state index contributed by atoms with van der Waals surface area (Å²) in [6.45, 7) is 8.43. The van der Waals surface area contributed by atoms with Crippen molar-refractivity contribution in [3.63, 3.8) is 0 Å². The van der Waals surface area contributed by atoms with Gasteiger partial charge in [0.15, 0.2) is 0 Å². The van der Waals surface area contributed by atoms with Gasteiger partial charge in [0, 0.05) is 38.3 Å². The first-order chi connectivity index (χ1) is 7.83. The van der Waals surface area contributed by atoms with Crippen LogP contribution >= 0.6 is 0 Å². The second kappa shape index (κ2) is 4.63. The lowest BCUT2D eigenvalue weighted by atomic mass is 10.1. The fraction of sp³-hybridized carbons (Fsp3) is 1.00. The molecule has 0 radical (unpaired) electrons. The molecular formula is C13H24N2O. The Morgan fingerprint density at radius 1 is 1.19 bits per heavy atom. The quantitative estimate of drug-likeness (QED) is 0.704. The van der Waals surface area contributed by atoms with E-state index >= 15 is 0 Å². The molecule has 92 valence electrons. The highest BCUT2D eigenvalue weighted by Crippen LogP contribution is 2.25. The van der Waals surface area contributed by atoms with E-state index in [0.29, 0.717) is 6.10 Å². The van der Waals surface area contributed by atoms with Crippen molar-refractivity contribution in [2.45, 2.75) is 50.8 Å². The van der Waals surface area contributed by atoms with Crippen LogP contribution in [0.2, 0.25) is 0 Å². The Kier molecular flexibility index (Phi) is 3.18. The van der Waals surface area contributed by atoms with Crippen molar-refractivity contribution in [2.24, 2.45) is 0 Å². The monoisotopic (exact) mass is 224 g/mol. The normalized spacial score (nSPS) is 41.4. The van der Waals surface area contributed by atoms with E-state index in [1.807, 2.05) is 0 Å². The third-order valence-corrected chi connectivity index (χ3v) is 4.53. The van der Waals surface area contributed by atoms with Crippen molar-refractivity contribution < 1.29 is 4.74 Å². The van der Waals surface area contributed by atoms with Crippen LogP contribution in [-0.2, 0) is 4.74 Å². The molecule has 0 aromatic carbocycles. The van der Waals surface area contributed by atoms with E-state index in [1.54, 1.807) is 0 Å². The Balaban J connectivity index is 1.57. The molecule has 0 amide bonds. The van der Waals surface area contributed by atoms with E-state index in [2.05, 4.69) is 16.7 Å². The van der Waals surface area contributed by atoms with Crippen LogP contribution in [0.4, 0.5) is 0 Å². The lowest BCUT2D eigenvalue weighted by Crippen LogP contribution is -2.56. The molecule has 0 spiro atoms. The number of piperazine rings is 1. The molecule has 3 fully saturated rings. The van der Waals surface area contributed by atoms with Crippen LogP contribution < -0.4 is 0 Å². The fourth-order valence-electron chi connectivity index (χ4n) is 3.55. The first-order valence-electron chi connectivity index (χ1n) is 6.92. The van der Waals surface area contributed by atoms with Gasteiger partial charge in [0.25, 0.3) is 0 Å². The maximum atomic E-state index is 5.76. The number of nitrogens with zero attached hydrogens (tertiary/aromatic N) is 2. The predicted octanol–water partition coefficient (Wildman–Crippen LogP) is 1.33. The zero-order chi connectivity index (χ0) is 11.0. The molecule has 0 saturated carbocycles. The standard InChI is InChI=1S/C13H24N2O/c1-11-8-14-6-2-4-12(14)9-15(11)10-13-5-3-7-16-13/h11-13H,2-10H2,1H3. The average molecular weight is 224 g/mol. The molecule has 3 aliphatic heterocycles. The summed E-state index contributed by atoms with van der Waals surface area (Å²) in [4.78, 5) is 5.36. The Hall–Kier alpha value is -0.120. The maximum absolute atomic E-state index is 5.76. The van der Waals surface area contributed by atoms with Gasteiger partial charge in [-0.25, -0.2) is 0 Å². The zero-order valence-corrected chi connectivity index (χ0v) is 10.4. The molecule has 3 saturated heterocycles. The van der Waals surface area contributed by atoms with E-state index in [4.69, 9.17) is 4.74 Å². The van der Waals surface area contributed by atoms with Crippen LogP contribution in [0, 0.1) is 0 Å². The summed E-state index contributed by atoms with van der Waals surface area (Å²) in [5, 5.41) is 0. The molecule has 3 atom stereocenters. The van der Waals surface area contributed by atoms with Gasteiger partial charge in [0.1, 0.15) is 0 Å². The van der Waals surface area contributed by atoms with Crippen LogP contribution in [0.25, 0.3) is 0 Å². The molecule has 3 nitrogen and oxygen atoms in total. The molecule has 0 bridgehead atoms. The van der Waals surface area contributed by atoms with Gasteiger partial charge in [-0.3, -0.25) is 9.80 Å². The highest BCUT2D eigenvalue weighted by atomic mass is 16.5. The van der Waals surface area contributed by atoms with Gasteiger partial charge in [-0.15, -0.1) is 0 Å². The molecule has 3 heteroatoms. The van der Waals surface area contributed by atoms with Gasteiger partial charge in [0.2, 0.25) is 0 Å². The Bertz CT molecular complexity index is 238. The van der Waals surface area contributed by atoms with Crippen molar-refractivity contribution in [3.05, 3.63) is 0 Å². The summed E-state index contributed by atoms with van der Waals surface area (Å²) in [6, 6.07) is 1.57. The first kappa shape index (κ1) is 11.0. The largest absolute Gasteiger partial charge is 0.377 e. The minimum atomic E-state index is 0.524. The second-order valence-corrected chi connectivity index (χ2v) is 5.73. The molecule has 16 heavy (non-hydrogen) atoms. The fourth-order valence-corrected chi connectivity index (χ4v) is 3.55. The average Bonchev–Trinajstić information content (AvgIpc) is 2.89. The SMILES string of the molecule is CC1CN2CCCC2CN1CC1CCCO1. The molecule has 3 aliphatic rings. The number of hydrogen-bond acceptors (Lipinski definition) is 3. The van der Waals surface area contributed by atoms with E-state index < -0.39 is 0 Å². The Morgan fingerprint density at radius 2 is 2.12 bits per heavy atom. The highest BCUT2D eigenvalue weighted by Gasteiger charge is 2.35. The molecule has 3 rings (SSSR count). The van der Waals surface area contributed by atoms with Gasteiger partial charge >= 0.3 is 0 Å². The molecule has 0 aromatic rings. The van der Waals surface area contributed by atoms with Crippen LogP contribution in [-0.4, -0.2) is 60.8 Å². The first-order valence-corrected chi connectivity index (χ1v) is 6.92. The van der Waals surface area contributed by atoms with Crippen LogP contribution in [0.15, 0.2) is 0 Å². The number of hydrogen-bond donors (Lipinski definition) is 0. The van der Waals surface area contributed by atoms with Crippen LogP contribution in [0.1, 0.15) is 32.6 Å². The Morgan fingerprint density at radius 3 is 2.94 bits per heavy atom. The molecule has 3 heterocycles. The summed E-state index contributed by atoms with van der Waals surface area (Å²) in [7, 11) is 0. The van der Waals surface area contributed by atoms with E-state index in [-0.39, 0.29) is 0 Å². The number of fused-ring (bicyclic) bond motifs is 1. The predicted molar refractivity (Wildman–Crippen MR) is 64.6 cm³/mol. The highest BCUT2D eigenvalue weighted by molar-refractivity contribution is 4.91. The number of ether oxygens (including phenoxy) is 1. The third-order valence-electron chi connectivity index (χ3n) is 4.53. The van der Waals surface area contributed by atoms with Gasteiger partial charge < -0.3 is 4.74 Å². The topological polar surface area (TPSA) is 15.7 Å². The molecule has 3 unspecified atom stereocenters. The lowest BCUT2D eigenvalue weighted by Gasteiger charge is -2.43. The molecule has 0 aliphatic carbocycles. The minimum Gasteiger partial charge on any atom is -0.377 e. The third kappa shape index (κ3) is 2.13. The van der Waals surface area contributed by atoms with Crippen molar-refractivity contribution in [1.29, 1.82) is 0 Å². The van der Waals surface area contributed by atoms with Crippen molar-refractivity contribution >= 4 is 0 Å². The zero-order valence-electron chi connectivity index (χ0n) is 10.4. The van der Waals surface area contributed by atoms with Gasteiger partial charge in [-0.1, -0.05) is 0 Å². The van der Waals surface area contributed by atoms with Gasteiger partial charge in [0.05, 0.1) is 6.10 Å². The summed E-state index contributed by atoms with van der Waals surface area (Å²) in [5.41, 5.74) is 0. The molecule has 0 N–H and O–H groups in total. The van der Waals surface area contributed by atoms with Gasteiger partial charge in [-0.05, 0) is 39.2 Å². The lowest BCUT2D eigenvalue weighted by molar-refractivity contribution is 0.0124. The molecule has 0 aromatic heterocycles. The summed E-state index contributed by atoms with van der Waals surface area (Å²) in [6.07, 6.45) is 5.88. The number of rotatable bonds is 2. The molecular weight excluding hydrogens is 200 g/mol. The van der Waals surface area contributed by atoms with Crippen LogP contribution in [0.3, 0.4) is 0 Å². The van der Waals surface area contributed by atoms with Crippen molar-refractivity contribution in [1.82, 2.24) is 9.80 Å². The maximum Gasteiger partial charge on any atom is 0.0702 e. The second-order valence-electron chi connectivity index (χ2n) is 5.73. The van der Waals surface area contributed by atoms with E-state index in [9.17, 15) is 0 Å². The summed E-state index contributed by atoms with van der Waals surface area (Å²) < 4.78 is 5.76. The summed E-state index contributed by atoms with van der Waals surface area (Å²) >= 11 is 0. The van der Waals surface area contributed by atoms with Crippen molar-refractivity contribution in [3.8, 4) is 0 Å². The Labute approximate surface area is 98.7 Å². The van der Waals surface area contributed by atoms with E-state index in [1.165, 1.54) is 51.9 Å². The smallest absolute Gasteiger partial charge is 0.0702 e. The van der Waals surface area contributed by atoms with Gasteiger partial charge in [-0.2, -0.15) is 0 Å². The minimum absolute atomic E-state index is 0.524. The summed E-state index contributed by atoms with van der Waals surface area (Å²) in [5.74, 6) is 0. The van der Waals surface area contributed by atoms with Crippen LogP contribution in [0.5, 0.6) is 0 Å². The van der Waals surface area contributed by atoms with E-state index in [0.717, 1.165) is 18.7 Å². The van der Waals surface area contributed by atoms with Crippen molar-refractivity contribution in [2.75, 3.05) is 32.8 Å².